The monoisotopic (exact) mass is 295 g/mol. The highest BCUT2D eigenvalue weighted by atomic mass is 19.4. The van der Waals surface area contributed by atoms with E-state index in [4.69, 9.17) is 10.5 Å². The minimum atomic E-state index is -4.33. The number of hydrogen-bond donors (Lipinski definition) is 1. The zero-order valence-corrected chi connectivity index (χ0v) is 11.7. The van der Waals surface area contributed by atoms with Gasteiger partial charge in [-0.15, -0.1) is 0 Å². The number of benzene rings is 2. The van der Waals surface area contributed by atoms with Crippen molar-refractivity contribution in [1.82, 2.24) is 0 Å². The third-order valence-electron chi connectivity index (χ3n) is 3.41. The number of ether oxygens (including phenoxy) is 1. The van der Waals surface area contributed by atoms with Gasteiger partial charge in [-0.3, -0.25) is 0 Å². The molecule has 2 N–H and O–H groups in total. The first-order valence-corrected chi connectivity index (χ1v) is 6.40. The first-order valence-electron chi connectivity index (χ1n) is 6.40. The van der Waals surface area contributed by atoms with Gasteiger partial charge >= 0.3 is 6.18 Å². The summed E-state index contributed by atoms with van der Waals surface area (Å²) < 4.78 is 42.8. The molecule has 1 unspecified atom stereocenters. The van der Waals surface area contributed by atoms with Gasteiger partial charge < -0.3 is 10.5 Å². The van der Waals surface area contributed by atoms with E-state index >= 15 is 0 Å². The van der Waals surface area contributed by atoms with E-state index in [-0.39, 0.29) is 0 Å². The number of halogens is 3. The van der Waals surface area contributed by atoms with Crippen LogP contribution in [0.3, 0.4) is 0 Å². The van der Waals surface area contributed by atoms with Gasteiger partial charge in [-0.2, -0.15) is 13.2 Å². The molecule has 2 aromatic carbocycles. The molecule has 0 aromatic heterocycles. The minimum absolute atomic E-state index is 0.474. The molecule has 0 bridgehead atoms. The lowest BCUT2D eigenvalue weighted by atomic mass is 9.95. The molecule has 0 saturated carbocycles. The Hall–Kier alpha value is -2.01. The molecule has 0 radical (unpaired) electrons. The summed E-state index contributed by atoms with van der Waals surface area (Å²) >= 11 is 0. The fraction of sp³-hybridized carbons (Fsp3) is 0.250. The second-order valence-electron chi connectivity index (χ2n) is 4.82. The van der Waals surface area contributed by atoms with Crippen LogP contribution in [0.4, 0.5) is 13.2 Å². The van der Waals surface area contributed by atoms with E-state index in [1.165, 1.54) is 12.1 Å². The van der Waals surface area contributed by atoms with Crippen LogP contribution in [0.15, 0.2) is 42.5 Å². The predicted molar refractivity (Wildman–Crippen MR) is 75.2 cm³/mol. The molecular weight excluding hydrogens is 279 g/mol. The van der Waals surface area contributed by atoms with Crippen LogP contribution in [0.5, 0.6) is 5.75 Å². The second-order valence-corrected chi connectivity index (χ2v) is 4.82. The van der Waals surface area contributed by atoms with E-state index in [2.05, 4.69) is 0 Å². The Kier molecular flexibility index (Phi) is 4.23. The molecule has 5 heteroatoms. The van der Waals surface area contributed by atoms with E-state index in [1.54, 1.807) is 13.2 Å². The lowest BCUT2D eigenvalue weighted by Crippen LogP contribution is -2.14. The van der Waals surface area contributed by atoms with Gasteiger partial charge in [0.15, 0.2) is 0 Å². The standard InChI is InChI=1S/C16H16F3NO/c1-10-9-13(21-2)7-8-14(10)15(20)11-3-5-12(6-4-11)16(17,18)19/h3-9,15H,20H2,1-2H3. The Labute approximate surface area is 121 Å². The Bertz CT molecular complexity index is 620. The lowest BCUT2D eigenvalue weighted by molar-refractivity contribution is -0.137. The van der Waals surface area contributed by atoms with Crippen LogP contribution in [-0.4, -0.2) is 7.11 Å². The normalized spacial score (nSPS) is 13.0. The number of methoxy groups -OCH3 is 1. The molecule has 112 valence electrons. The summed E-state index contributed by atoms with van der Waals surface area (Å²) in [5, 5.41) is 0. The van der Waals surface area contributed by atoms with Crippen molar-refractivity contribution in [3.8, 4) is 5.75 Å². The first-order chi connectivity index (χ1) is 9.82. The molecule has 0 heterocycles. The molecule has 1 atom stereocenters. The van der Waals surface area contributed by atoms with Crippen molar-refractivity contribution >= 4 is 0 Å². The van der Waals surface area contributed by atoms with Crippen LogP contribution in [0.25, 0.3) is 0 Å². The average Bonchev–Trinajstić information content (AvgIpc) is 2.45. The predicted octanol–water partition coefficient (Wildman–Crippen LogP) is 4.07. The number of rotatable bonds is 3. The van der Waals surface area contributed by atoms with Crippen molar-refractivity contribution in [2.45, 2.75) is 19.1 Å². The Morgan fingerprint density at radius 1 is 1.05 bits per heavy atom. The van der Waals surface area contributed by atoms with Crippen molar-refractivity contribution in [2.24, 2.45) is 5.73 Å². The van der Waals surface area contributed by atoms with Gasteiger partial charge in [0.05, 0.1) is 18.7 Å². The Morgan fingerprint density at radius 2 is 1.67 bits per heavy atom. The van der Waals surface area contributed by atoms with Crippen molar-refractivity contribution in [2.75, 3.05) is 7.11 Å². The molecule has 0 aliphatic rings. The van der Waals surface area contributed by atoms with Crippen molar-refractivity contribution < 1.29 is 17.9 Å². The number of nitrogens with two attached hydrogens (primary N) is 1. The minimum Gasteiger partial charge on any atom is -0.497 e. The topological polar surface area (TPSA) is 35.2 Å². The van der Waals surface area contributed by atoms with Gasteiger partial charge in [0.2, 0.25) is 0 Å². The molecule has 0 aliphatic heterocycles. The van der Waals surface area contributed by atoms with Gasteiger partial charge in [0.25, 0.3) is 0 Å². The highest BCUT2D eigenvalue weighted by molar-refractivity contribution is 5.41. The van der Waals surface area contributed by atoms with Crippen LogP contribution in [0.2, 0.25) is 0 Å². The zero-order valence-electron chi connectivity index (χ0n) is 11.7. The summed E-state index contributed by atoms with van der Waals surface area (Å²) in [5.41, 5.74) is 7.89. The molecule has 0 saturated heterocycles. The van der Waals surface area contributed by atoms with Crippen molar-refractivity contribution in [3.63, 3.8) is 0 Å². The summed E-state index contributed by atoms with van der Waals surface area (Å²) in [6, 6.07) is 9.91. The number of hydrogen-bond acceptors (Lipinski definition) is 2. The van der Waals surface area contributed by atoms with Crippen LogP contribution < -0.4 is 10.5 Å². The van der Waals surface area contributed by atoms with E-state index in [0.717, 1.165) is 29.0 Å². The summed E-state index contributed by atoms with van der Waals surface area (Å²) in [4.78, 5) is 0. The van der Waals surface area contributed by atoms with E-state index < -0.39 is 17.8 Å². The van der Waals surface area contributed by atoms with Gasteiger partial charge in [-0.05, 0) is 47.9 Å². The van der Waals surface area contributed by atoms with Gasteiger partial charge in [0, 0.05) is 0 Å². The summed E-state index contributed by atoms with van der Waals surface area (Å²) in [6.07, 6.45) is -4.33. The fourth-order valence-corrected chi connectivity index (χ4v) is 2.18. The Morgan fingerprint density at radius 3 is 2.14 bits per heavy atom. The average molecular weight is 295 g/mol. The molecule has 2 aromatic rings. The Balaban J connectivity index is 2.30. The second kappa shape index (κ2) is 5.77. The molecule has 0 amide bonds. The number of aryl methyl sites for hydroxylation is 1. The third-order valence-corrected chi connectivity index (χ3v) is 3.41. The van der Waals surface area contributed by atoms with Crippen LogP contribution in [0.1, 0.15) is 28.3 Å². The maximum Gasteiger partial charge on any atom is 0.416 e. The van der Waals surface area contributed by atoms with E-state index in [9.17, 15) is 13.2 Å². The van der Waals surface area contributed by atoms with E-state index in [1.807, 2.05) is 19.1 Å². The molecular formula is C16H16F3NO. The van der Waals surface area contributed by atoms with Crippen LogP contribution >= 0.6 is 0 Å². The third kappa shape index (κ3) is 3.36. The molecule has 2 nitrogen and oxygen atoms in total. The van der Waals surface area contributed by atoms with Crippen molar-refractivity contribution in [3.05, 3.63) is 64.7 Å². The van der Waals surface area contributed by atoms with Crippen LogP contribution in [0, 0.1) is 6.92 Å². The lowest BCUT2D eigenvalue weighted by Gasteiger charge is -2.17. The largest absolute Gasteiger partial charge is 0.497 e. The smallest absolute Gasteiger partial charge is 0.416 e. The quantitative estimate of drug-likeness (QED) is 0.926. The molecule has 21 heavy (non-hydrogen) atoms. The summed E-state index contributed by atoms with van der Waals surface area (Å²) in [5.74, 6) is 0.718. The van der Waals surface area contributed by atoms with Gasteiger partial charge in [-0.1, -0.05) is 18.2 Å². The first kappa shape index (κ1) is 15.4. The van der Waals surface area contributed by atoms with E-state index in [0.29, 0.717) is 5.56 Å². The fourth-order valence-electron chi connectivity index (χ4n) is 2.18. The summed E-state index contributed by atoms with van der Waals surface area (Å²) in [7, 11) is 1.57. The molecule has 0 spiro atoms. The zero-order chi connectivity index (χ0) is 15.6. The SMILES string of the molecule is COc1ccc(C(N)c2ccc(C(F)(F)F)cc2)c(C)c1. The maximum atomic E-state index is 12.5. The highest BCUT2D eigenvalue weighted by Gasteiger charge is 2.30. The molecule has 2 rings (SSSR count). The maximum absolute atomic E-state index is 12.5. The number of alkyl halides is 3. The molecule has 0 fully saturated rings. The summed E-state index contributed by atoms with van der Waals surface area (Å²) in [6.45, 7) is 1.89. The van der Waals surface area contributed by atoms with Crippen LogP contribution in [-0.2, 0) is 6.18 Å². The van der Waals surface area contributed by atoms with Gasteiger partial charge in [-0.25, -0.2) is 0 Å². The highest BCUT2D eigenvalue weighted by Crippen LogP contribution is 2.31. The van der Waals surface area contributed by atoms with Crippen molar-refractivity contribution in [1.29, 1.82) is 0 Å². The molecule has 0 aliphatic carbocycles. The van der Waals surface area contributed by atoms with Gasteiger partial charge in [0.1, 0.15) is 5.75 Å².